The fourth-order valence-electron chi connectivity index (χ4n) is 5.48. The minimum absolute atomic E-state index is 0.0549. The fourth-order valence-corrected chi connectivity index (χ4v) is 6.64. The first-order valence-electron chi connectivity index (χ1n) is 22.5. The lowest BCUT2D eigenvalue weighted by Gasteiger charge is -2.20. The van der Waals surface area contributed by atoms with Gasteiger partial charge < -0.3 is 39.5 Å². The van der Waals surface area contributed by atoms with Crippen molar-refractivity contribution in [3.05, 3.63) is 85.1 Å². The first kappa shape index (κ1) is 60.2. The molecule has 0 aromatic rings. The van der Waals surface area contributed by atoms with Gasteiger partial charge in [-0.1, -0.05) is 150 Å². The van der Waals surface area contributed by atoms with E-state index in [2.05, 4.69) is 28.1 Å². The lowest BCUT2D eigenvalue weighted by atomic mass is 10.1. The summed E-state index contributed by atoms with van der Waals surface area (Å²) in [5.41, 5.74) is 0. The molecule has 0 saturated carbocycles. The van der Waals surface area contributed by atoms with E-state index in [9.17, 15) is 38.9 Å². The van der Waals surface area contributed by atoms with Crippen LogP contribution in [-0.2, 0) is 41.8 Å². The minimum Gasteiger partial charge on any atom is -0.462 e. The zero-order valence-electron chi connectivity index (χ0n) is 37.6. The maximum absolute atomic E-state index is 12.7. The Morgan fingerprint density at radius 3 is 1.67 bits per heavy atom. The van der Waals surface area contributed by atoms with E-state index in [4.69, 9.17) is 23.8 Å². The molecular weight excluding hydrogens is 854 g/mol. The fraction of sp³-hybridized carbons (Fsp3) is 0.652. The van der Waals surface area contributed by atoms with Crippen LogP contribution >= 0.6 is 15.6 Å². The number of aliphatic hydroxyl groups is 3. The quantitative estimate of drug-likeness (QED) is 0.0110. The van der Waals surface area contributed by atoms with Crippen LogP contribution in [0.1, 0.15) is 142 Å². The number of esters is 2. The summed E-state index contributed by atoms with van der Waals surface area (Å²) in [6, 6.07) is 0. The Kier molecular flexibility index (Phi) is 38.9. The normalized spacial score (nSPS) is 15.7. The Bertz CT molecular complexity index is 1470. The molecular formula is C46H78O15P2. The van der Waals surface area contributed by atoms with E-state index in [0.29, 0.717) is 32.1 Å². The summed E-state index contributed by atoms with van der Waals surface area (Å²) in [5.74, 6) is -1.21. The summed E-state index contributed by atoms with van der Waals surface area (Å²) in [7, 11) is -9.75. The van der Waals surface area contributed by atoms with E-state index < -0.39 is 78.4 Å². The number of hydrogen-bond acceptors (Lipinski definition) is 12. The number of rotatable bonds is 41. The van der Waals surface area contributed by atoms with Gasteiger partial charge >= 0.3 is 27.6 Å². The van der Waals surface area contributed by atoms with Gasteiger partial charge in [0, 0.05) is 12.8 Å². The van der Waals surface area contributed by atoms with Gasteiger partial charge in [-0.05, 0) is 64.2 Å². The van der Waals surface area contributed by atoms with Gasteiger partial charge in [-0.3, -0.25) is 23.2 Å². The summed E-state index contributed by atoms with van der Waals surface area (Å²) >= 11 is 0. The van der Waals surface area contributed by atoms with Crippen LogP contribution in [0.5, 0.6) is 0 Å². The van der Waals surface area contributed by atoms with E-state index in [-0.39, 0.29) is 12.8 Å². The van der Waals surface area contributed by atoms with Crippen molar-refractivity contribution < 1.29 is 71.8 Å². The highest BCUT2D eigenvalue weighted by molar-refractivity contribution is 7.47. The topological polar surface area (TPSA) is 236 Å². The molecule has 0 bridgehead atoms. The molecule has 0 aliphatic rings. The number of phosphoric ester groups is 2. The predicted molar refractivity (Wildman–Crippen MR) is 246 cm³/mol. The highest BCUT2D eigenvalue weighted by Crippen LogP contribution is 2.43. The molecule has 0 saturated heterocycles. The van der Waals surface area contributed by atoms with Crippen LogP contribution in [-0.4, -0.2) is 92.8 Å². The van der Waals surface area contributed by atoms with Crippen LogP contribution in [0.3, 0.4) is 0 Å². The number of unbranched alkanes of at least 4 members (excludes halogenated alkanes) is 11. The molecule has 0 radical (unpaired) electrons. The van der Waals surface area contributed by atoms with Crippen molar-refractivity contribution in [1.29, 1.82) is 0 Å². The third-order valence-corrected chi connectivity index (χ3v) is 10.4. The number of carbonyl (C=O) groups is 2. The molecule has 0 aromatic carbocycles. The number of ether oxygens (including phenoxy) is 2. The SMILES string of the molecule is CC/C=C\C[C@H](O)/C=C/C=C\C=C\[C@H](O)C/C=C\C/C=C\CCC(=O)O[C@H](COC(=O)CCCCCCCCC/C=C\CCCCCC)COP(=O)(O)OC[C@@H](O)COP(=O)(O)O. The van der Waals surface area contributed by atoms with Gasteiger partial charge in [-0.25, -0.2) is 9.13 Å². The summed E-state index contributed by atoms with van der Waals surface area (Å²) in [6.45, 7) is 1.34. The van der Waals surface area contributed by atoms with Crippen LogP contribution in [0.2, 0.25) is 0 Å². The second kappa shape index (κ2) is 40.7. The molecule has 0 spiro atoms. The molecule has 1 unspecified atom stereocenters. The molecule has 17 heteroatoms. The largest absolute Gasteiger partial charge is 0.472 e. The molecule has 0 amide bonds. The van der Waals surface area contributed by atoms with Crippen molar-refractivity contribution in [2.45, 2.75) is 167 Å². The van der Waals surface area contributed by atoms with E-state index in [0.717, 1.165) is 44.9 Å². The molecule has 0 aliphatic carbocycles. The van der Waals surface area contributed by atoms with Gasteiger partial charge in [0.2, 0.25) is 0 Å². The van der Waals surface area contributed by atoms with Gasteiger partial charge in [-0.15, -0.1) is 0 Å². The molecule has 63 heavy (non-hydrogen) atoms. The molecule has 0 aliphatic heterocycles. The van der Waals surface area contributed by atoms with Crippen molar-refractivity contribution >= 4 is 27.6 Å². The number of carbonyl (C=O) groups excluding carboxylic acids is 2. The van der Waals surface area contributed by atoms with Gasteiger partial charge in [0.15, 0.2) is 6.10 Å². The molecule has 362 valence electrons. The summed E-state index contributed by atoms with van der Waals surface area (Å²) in [5, 5.41) is 29.7. The molecule has 0 heterocycles. The first-order chi connectivity index (χ1) is 30.2. The van der Waals surface area contributed by atoms with Crippen molar-refractivity contribution in [1.82, 2.24) is 0 Å². The van der Waals surface area contributed by atoms with E-state index in [1.54, 1.807) is 42.5 Å². The number of allylic oxidation sites excluding steroid dienone is 10. The van der Waals surface area contributed by atoms with Gasteiger partial charge in [0.1, 0.15) is 12.7 Å². The van der Waals surface area contributed by atoms with Crippen molar-refractivity contribution in [3.63, 3.8) is 0 Å². The number of hydrogen-bond donors (Lipinski definition) is 6. The highest BCUT2D eigenvalue weighted by atomic mass is 31.2. The smallest absolute Gasteiger partial charge is 0.462 e. The van der Waals surface area contributed by atoms with Crippen molar-refractivity contribution in [2.24, 2.45) is 0 Å². The molecule has 5 atom stereocenters. The van der Waals surface area contributed by atoms with E-state index in [1.165, 1.54) is 38.5 Å². The van der Waals surface area contributed by atoms with Gasteiger partial charge in [0.05, 0.1) is 32.0 Å². The van der Waals surface area contributed by atoms with E-state index in [1.807, 2.05) is 37.3 Å². The number of phosphoric acid groups is 2. The second-order valence-corrected chi connectivity index (χ2v) is 17.7. The second-order valence-electron chi connectivity index (χ2n) is 15.0. The van der Waals surface area contributed by atoms with Gasteiger partial charge in [-0.2, -0.15) is 0 Å². The highest BCUT2D eigenvalue weighted by Gasteiger charge is 2.28. The van der Waals surface area contributed by atoms with Crippen molar-refractivity contribution in [2.75, 3.05) is 26.4 Å². The molecule has 0 rings (SSSR count). The Morgan fingerprint density at radius 1 is 0.540 bits per heavy atom. The standard InChI is InChI=1S/C46H78O15P2/c1-3-5-7-8-9-10-11-12-13-14-15-16-17-21-29-35-45(50)57-39-44(40-60-63(55,56)59-38-43(49)37-58-62(52,53)54)61-46(51)36-30-22-19-18-20-26-32-42(48)34-28-24-23-27-33-41(47)31-25-6-4-2/h6,10-11,19-20,22-28,33-34,41-44,47-49H,3-5,7-9,12-18,21,29-32,35-40H2,1-2H3,(H,55,56)(H2,52,53,54)/b11-10-,22-19-,24-23-,25-6-,26-20-,33-27+,34-28+/t41-,42+,43-,44+/m0/s1. The maximum Gasteiger partial charge on any atom is 0.472 e. The van der Waals surface area contributed by atoms with E-state index >= 15 is 0 Å². The average molecular weight is 933 g/mol. The number of aliphatic hydroxyl groups excluding tert-OH is 3. The summed E-state index contributed by atoms with van der Waals surface area (Å²) in [6.07, 6.45) is 39.3. The van der Waals surface area contributed by atoms with Crippen molar-refractivity contribution in [3.8, 4) is 0 Å². The lowest BCUT2D eigenvalue weighted by molar-refractivity contribution is -0.161. The summed E-state index contributed by atoms with van der Waals surface area (Å²) in [4.78, 5) is 52.7. The Labute approximate surface area is 376 Å². The first-order valence-corrected chi connectivity index (χ1v) is 25.5. The Balaban J connectivity index is 4.75. The van der Waals surface area contributed by atoms with Crippen LogP contribution in [0.15, 0.2) is 85.1 Å². The third-order valence-electron chi connectivity index (χ3n) is 8.94. The monoisotopic (exact) mass is 932 g/mol. The maximum atomic E-state index is 12.7. The van der Waals surface area contributed by atoms with Crippen LogP contribution in [0, 0.1) is 0 Å². The molecule has 0 fully saturated rings. The van der Waals surface area contributed by atoms with Crippen LogP contribution < -0.4 is 0 Å². The molecule has 15 nitrogen and oxygen atoms in total. The minimum atomic E-state index is -4.89. The zero-order valence-corrected chi connectivity index (χ0v) is 39.4. The summed E-state index contributed by atoms with van der Waals surface area (Å²) < 4.78 is 47.6. The lowest BCUT2D eigenvalue weighted by Crippen LogP contribution is -2.29. The third kappa shape index (κ3) is 44.2. The van der Waals surface area contributed by atoms with Gasteiger partial charge in [0.25, 0.3) is 0 Å². The van der Waals surface area contributed by atoms with Crippen LogP contribution in [0.25, 0.3) is 0 Å². The average Bonchev–Trinajstić information content (AvgIpc) is 3.23. The Morgan fingerprint density at radius 2 is 1.06 bits per heavy atom. The predicted octanol–water partition coefficient (Wildman–Crippen LogP) is 9.50. The molecule has 0 aromatic heterocycles. The van der Waals surface area contributed by atoms with Crippen LogP contribution in [0.4, 0.5) is 0 Å². The molecule has 6 N–H and O–H groups in total. The Hall–Kier alpha value is -2.78. The zero-order chi connectivity index (χ0) is 46.9.